The van der Waals surface area contributed by atoms with Gasteiger partial charge in [0.25, 0.3) is 0 Å². The van der Waals surface area contributed by atoms with Crippen LogP contribution < -0.4 is 4.72 Å². The van der Waals surface area contributed by atoms with Gasteiger partial charge >= 0.3 is 0 Å². The lowest BCUT2D eigenvalue weighted by molar-refractivity contribution is 0.485. The van der Waals surface area contributed by atoms with E-state index >= 15 is 0 Å². The predicted octanol–water partition coefficient (Wildman–Crippen LogP) is 2.43. The highest BCUT2D eigenvalue weighted by atomic mass is 32.2. The van der Waals surface area contributed by atoms with Gasteiger partial charge in [-0.2, -0.15) is 0 Å². The molecule has 1 heterocycles. The molecule has 1 N–H and O–H groups in total. The van der Waals surface area contributed by atoms with Crippen LogP contribution in [0.25, 0.3) is 11.0 Å². The molecule has 1 atom stereocenters. The van der Waals surface area contributed by atoms with Crippen LogP contribution in [0.2, 0.25) is 0 Å². The lowest BCUT2D eigenvalue weighted by Gasteiger charge is -2.10. The Morgan fingerprint density at radius 1 is 1.35 bits per heavy atom. The first-order chi connectivity index (χ1) is 8.02. The maximum atomic E-state index is 11.4. The van der Waals surface area contributed by atoms with E-state index in [9.17, 15) is 8.42 Å². The van der Waals surface area contributed by atoms with Crippen LogP contribution in [0.5, 0.6) is 0 Å². The Morgan fingerprint density at radius 3 is 2.71 bits per heavy atom. The van der Waals surface area contributed by atoms with Crippen molar-refractivity contribution in [1.29, 1.82) is 0 Å². The number of rotatable bonds is 4. The normalized spacial score (nSPS) is 14.0. The Morgan fingerprint density at radius 2 is 2.06 bits per heavy atom. The molecule has 0 aliphatic carbocycles. The largest absolute Gasteiger partial charge is 0.459 e. The molecule has 4 nitrogen and oxygen atoms in total. The summed E-state index contributed by atoms with van der Waals surface area (Å²) < 4.78 is 31.0. The van der Waals surface area contributed by atoms with E-state index in [0.29, 0.717) is 5.76 Å². The molecule has 0 amide bonds. The van der Waals surface area contributed by atoms with Gasteiger partial charge in [-0.3, -0.25) is 0 Å². The molecular formula is C12H15NO3S. The molecule has 0 bridgehead atoms. The molecule has 1 unspecified atom stereocenters. The number of nitrogens with one attached hydrogen (secondary N) is 1. The number of furan rings is 1. The minimum Gasteiger partial charge on any atom is -0.459 e. The second kappa shape index (κ2) is 4.50. The number of para-hydroxylation sites is 1. The van der Waals surface area contributed by atoms with Gasteiger partial charge in [0.2, 0.25) is 10.0 Å². The Labute approximate surface area is 101 Å². The van der Waals surface area contributed by atoms with E-state index in [-0.39, 0.29) is 11.8 Å². The van der Waals surface area contributed by atoms with E-state index in [2.05, 4.69) is 4.72 Å². The van der Waals surface area contributed by atoms with Crippen molar-refractivity contribution in [1.82, 2.24) is 4.72 Å². The molecule has 0 saturated heterocycles. The van der Waals surface area contributed by atoms with E-state index in [4.69, 9.17) is 4.42 Å². The van der Waals surface area contributed by atoms with Gasteiger partial charge in [0.15, 0.2) is 0 Å². The Hall–Kier alpha value is -1.33. The summed E-state index contributed by atoms with van der Waals surface area (Å²) in [6, 6.07) is 9.10. The molecule has 1 aromatic heterocycles. The first-order valence-corrected chi connectivity index (χ1v) is 7.15. The molecule has 0 fully saturated rings. The van der Waals surface area contributed by atoms with Crippen molar-refractivity contribution in [3.63, 3.8) is 0 Å². The van der Waals surface area contributed by atoms with Gasteiger partial charge in [0.1, 0.15) is 11.3 Å². The molecule has 2 aromatic rings. The molecular weight excluding hydrogens is 238 g/mol. The minimum absolute atomic E-state index is 0.0670. The fraction of sp³-hybridized carbons (Fsp3) is 0.333. The molecule has 0 aliphatic rings. The average Bonchev–Trinajstić information content (AvgIpc) is 2.72. The van der Waals surface area contributed by atoms with Crippen LogP contribution in [-0.2, 0) is 10.0 Å². The van der Waals surface area contributed by atoms with E-state index in [1.165, 1.54) is 0 Å². The van der Waals surface area contributed by atoms with Gasteiger partial charge in [-0.15, -0.1) is 0 Å². The molecule has 0 saturated carbocycles. The van der Waals surface area contributed by atoms with E-state index < -0.39 is 10.0 Å². The van der Waals surface area contributed by atoms with Crippen molar-refractivity contribution in [2.75, 3.05) is 5.75 Å². The van der Waals surface area contributed by atoms with Gasteiger partial charge in [-0.1, -0.05) is 18.2 Å². The highest BCUT2D eigenvalue weighted by molar-refractivity contribution is 7.89. The van der Waals surface area contributed by atoms with Crippen molar-refractivity contribution in [2.45, 2.75) is 19.9 Å². The summed E-state index contributed by atoms with van der Waals surface area (Å²) in [5.41, 5.74) is 0.769. The third-order valence-corrected chi connectivity index (χ3v) is 4.08. The summed E-state index contributed by atoms with van der Waals surface area (Å²) in [4.78, 5) is 0. The summed E-state index contributed by atoms with van der Waals surface area (Å²) in [6.45, 7) is 3.37. The van der Waals surface area contributed by atoms with Crippen molar-refractivity contribution in [2.24, 2.45) is 0 Å². The first kappa shape index (κ1) is 12.1. The van der Waals surface area contributed by atoms with Crippen LogP contribution in [0.3, 0.4) is 0 Å². The molecule has 92 valence electrons. The minimum atomic E-state index is -3.21. The average molecular weight is 253 g/mol. The van der Waals surface area contributed by atoms with Crippen LogP contribution in [0, 0.1) is 0 Å². The van der Waals surface area contributed by atoms with Gasteiger partial charge in [-0.05, 0) is 26.0 Å². The van der Waals surface area contributed by atoms with Crippen LogP contribution in [0.1, 0.15) is 25.6 Å². The maximum Gasteiger partial charge on any atom is 0.211 e. The van der Waals surface area contributed by atoms with Crippen molar-refractivity contribution in [3.8, 4) is 0 Å². The smallest absolute Gasteiger partial charge is 0.211 e. The van der Waals surface area contributed by atoms with Gasteiger partial charge < -0.3 is 4.42 Å². The topological polar surface area (TPSA) is 59.3 Å². The zero-order valence-electron chi connectivity index (χ0n) is 9.80. The molecule has 1 aromatic carbocycles. The standard InChI is InChI=1S/C12H15NO3S/c1-3-17(14,15)13-9(2)12-8-10-6-4-5-7-11(10)16-12/h4-9,13H,3H2,1-2H3. The molecule has 17 heavy (non-hydrogen) atoms. The molecule has 0 spiro atoms. The first-order valence-electron chi connectivity index (χ1n) is 5.50. The fourth-order valence-corrected chi connectivity index (χ4v) is 2.45. The monoisotopic (exact) mass is 253 g/mol. The predicted molar refractivity (Wildman–Crippen MR) is 67.2 cm³/mol. The van der Waals surface area contributed by atoms with Crippen LogP contribution in [0.4, 0.5) is 0 Å². The van der Waals surface area contributed by atoms with E-state index in [1.807, 2.05) is 30.3 Å². The third kappa shape index (κ3) is 2.68. The Balaban J connectivity index is 2.28. The number of fused-ring (bicyclic) bond motifs is 1. The van der Waals surface area contributed by atoms with E-state index in [1.54, 1.807) is 13.8 Å². The third-order valence-electron chi connectivity index (χ3n) is 2.61. The number of sulfonamides is 1. The lowest BCUT2D eigenvalue weighted by Crippen LogP contribution is -2.27. The van der Waals surface area contributed by atoms with Crippen LogP contribution in [-0.4, -0.2) is 14.2 Å². The summed E-state index contributed by atoms with van der Waals surface area (Å²) in [7, 11) is -3.21. The molecule has 0 aliphatic heterocycles. The molecule has 5 heteroatoms. The van der Waals surface area contributed by atoms with Crippen LogP contribution >= 0.6 is 0 Å². The molecule has 0 radical (unpaired) electrons. The number of benzene rings is 1. The molecule has 2 rings (SSSR count). The second-order valence-corrected chi connectivity index (χ2v) is 5.97. The summed E-state index contributed by atoms with van der Waals surface area (Å²) in [6.07, 6.45) is 0. The summed E-state index contributed by atoms with van der Waals surface area (Å²) in [5.74, 6) is 0.695. The van der Waals surface area contributed by atoms with Gasteiger partial charge in [0.05, 0.1) is 11.8 Å². The Bertz CT molecular complexity index is 582. The van der Waals surface area contributed by atoms with Crippen molar-refractivity contribution in [3.05, 3.63) is 36.1 Å². The summed E-state index contributed by atoms with van der Waals surface area (Å²) in [5, 5.41) is 0.977. The van der Waals surface area contributed by atoms with Crippen molar-refractivity contribution < 1.29 is 12.8 Å². The zero-order valence-corrected chi connectivity index (χ0v) is 10.6. The maximum absolute atomic E-state index is 11.4. The Kier molecular flexibility index (Phi) is 3.22. The number of hydrogen-bond acceptors (Lipinski definition) is 3. The quantitative estimate of drug-likeness (QED) is 0.910. The highest BCUT2D eigenvalue weighted by Gasteiger charge is 2.16. The SMILES string of the molecule is CCS(=O)(=O)NC(C)c1cc2ccccc2o1. The van der Waals surface area contributed by atoms with Crippen LogP contribution in [0.15, 0.2) is 34.7 Å². The second-order valence-electron chi connectivity index (χ2n) is 3.93. The summed E-state index contributed by atoms with van der Waals surface area (Å²) >= 11 is 0. The fourth-order valence-electron chi connectivity index (χ4n) is 1.63. The highest BCUT2D eigenvalue weighted by Crippen LogP contribution is 2.23. The van der Waals surface area contributed by atoms with E-state index in [0.717, 1.165) is 11.0 Å². The lowest BCUT2D eigenvalue weighted by atomic mass is 10.2. The zero-order chi connectivity index (χ0) is 12.5. The van der Waals surface area contributed by atoms with Crippen molar-refractivity contribution >= 4 is 21.0 Å². The van der Waals surface area contributed by atoms with Gasteiger partial charge in [0, 0.05) is 5.39 Å². The number of hydrogen-bond donors (Lipinski definition) is 1. The van der Waals surface area contributed by atoms with Gasteiger partial charge in [-0.25, -0.2) is 13.1 Å².